The quantitative estimate of drug-likeness (QED) is 0.438. The van der Waals surface area contributed by atoms with Gasteiger partial charge < -0.3 is 28.9 Å². The summed E-state index contributed by atoms with van der Waals surface area (Å²) in [4.78, 5) is 2.39. The molecule has 0 aromatic heterocycles. The lowest BCUT2D eigenvalue weighted by Gasteiger charge is -2.14. The molecule has 0 bridgehead atoms. The molecule has 56 valence electrons. The van der Waals surface area contributed by atoms with Crippen molar-refractivity contribution in [1.82, 2.24) is 4.90 Å². The minimum absolute atomic E-state index is 0. The Balaban J connectivity index is 0.000000500. The van der Waals surface area contributed by atoms with Crippen LogP contribution in [0.3, 0.4) is 0 Å². The molecular weight excluding hydrogens is 239 g/mol. The third kappa shape index (κ3) is 1.34. The third-order valence-electron chi connectivity index (χ3n) is 1.85. The van der Waals surface area contributed by atoms with Gasteiger partial charge in [-0.1, -0.05) is 12.2 Å². The van der Waals surface area contributed by atoms with E-state index >= 15 is 0 Å². The molecule has 10 heavy (non-hydrogen) atoms. The molecule has 1 fully saturated rings. The second kappa shape index (κ2) is 3.39. The smallest absolute Gasteiger partial charge is 0.201 e. The lowest BCUT2D eigenvalue weighted by Crippen LogP contribution is -3.00. The zero-order valence-corrected chi connectivity index (χ0v) is 7.91. The van der Waals surface area contributed by atoms with Gasteiger partial charge in [0.25, 0.3) is 0 Å². The minimum atomic E-state index is 0. The van der Waals surface area contributed by atoms with Gasteiger partial charge in [-0.05, 0) is 0 Å². The topological polar surface area (TPSA) is 19.9 Å². The molecule has 3 heteroatoms. The van der Waals surface area contributed by atoms with Crippen LogP contribution in [0.25, 0.3) is 0 Å². The van der Waals surface area contributed by atoms with Gasteiger partial charge in [-0.15, -0.1) is 0 Å². The highest BCUT2D eigenvalue weighted by atomic mass is 127. The van der Waals surface area contributed by atoms with Gasteiger partial charge in [0, 0.05) is 12.6 Å². The highest BCUT2D eigenvalue weighted by molar-refractivity contribution is 5.13. The van der Waals surface area contributed by atoms with Crippen molar-refractivity contribution in [2.45, 2.75) is 0 Å². The van der Waals surface area contributed by atoms with Crippen LogP contribution in [-0.4, -0.2) is 24.5 Å². The number of nitrogens with two attached hydrogens (primary N) is 1. The summed E-state index contributed by atoms with van der Waals surface area (Å²) >= 11 is 0. The third-order valence-corrected chi connectivity index (χ3v) is 1.85. The van der Waals surface area contributed by atoms with E-state index in [9.17, 15) is 0 Å². The number of allylic oxidation sites excluding steroid dienone is 2. The molecule has 0 aromatic carbocycles. The van der Waals surface area contributed by atoms with E-state index in [4.69, 9.17) is 0 Å². The van der Waals surface area contributed by atoms with Gasteiger partial charge in [0.15, 0.2) is 0 Å². The van der Waals surface area contributed by atoms with Crippen molar-refractivity contribution >= 4 is 0 Å². The summed E-state index contributed by atoms with van der Waals surface area (Å²) in [5, 5.41) is 2.30. The van der Waals surface area contributed by atoms with Crippen molar-refractivity contribution in [1.29, 1.82) is 0 Å². The Morgan fingerprint density at radius 2 is 2.40 bits per heavy atom. The van der Waals surface area contributed by atoms with Crippen LogP contribution in [0.4, 0.5) is 0 Å². The maximum Gasteiger partial charge on any atom is 0.201 e. The average Bonchev–Trinajstić information content (AvgIpc) is 2.33. The maximum atomic E-state index is 2.39. The molecule has 0 amide bonds. The fourth-order valence-electron chi connectivity index (χ4n) is 1.35. The van der Waals surface area contributed by atoms with Crippen molar-refractivity contribution in [3.63, 3.8) is 0 Å². The first-order chi connectivity index (χ1) is 4.47. The predicted molar refractivity (Wildman–Crippen MR) is 35.6 cm³/mol. The highest BCUT2D eigenvalue weighted by Crippen LogP contribution is 2.04. The van der Waals surface area contributed by atoms with E-state index in [1.807, 2.05) is 0 Å². The Morgan fingerprint density at radius 3 is 3.20 bits per heavy atom. The van der Waals surface area contributed by atoms with Crippen LogP contribution in [0.15, 0.2) is 24.0 Å². The largest absolute Gasteiger partial charge is 1.00 e. The van der Waals surface area contributed by atoms with Crippen molar-refractivity contribution in [3.8, 4) is 0 Å². The Labute approximate surface area is 78.0 Å². The molecule has 1 saturated heterocycles. The monoisotopic (exact) mass is 250 g/mol. The lowest BCUT2D eigenvalue weighted by atomic mass is 10.3. The first kappa shape index (κ1) is 8.07. The number of fused-ring (bicyclic) bond motifs is 1. The Bertz CT molecular complexity index is 174. The number of nitrogens with zero attached hydrogens (tertiary/aromatic N) is 1. The van der Waals surface area contributed by atoms with E-state index in [1.54, 1.807) is 0 Å². The molecule has 2 aliphatic rings. The maximum absolute atomic E-state index is 2.39. The fourth-order valence-corrected chi connectivity index (χ4v) is 1.35. The van der Waals surface area contributed by atoms with Gasteiger partial charge in [-0.25, -0.2) is 0 Å². The molecule has 0 radical (unpaired) electrons. The van der Waals surface area contributed by atoms with Gasteiger partial charge >= 0.3 is 0 Å². The van der Waals surface area contributed by atoms with E-state index in [2.05, 4.69) is 28.4 Å². The Kier molecular flexibility index (Phi) is 2.73. The molecule has 0 aromatic rings. The molecule has 0 aliphatic carbocycles. The number of rotatable bonds is 0. The summed E-state index contributed by atoms with van der Waals surface area (Å²) in [5.41, 5.74) is 0. The molecule has 2 aliphatic heterocycles. The predicted octanol–water partition coefficient (Wildman–Crippen LogP) is -3.72. The van der Waals surface area contributed by atoms with Crippen LogP contribution in [0.5, 0.6) is 0 Å². The van der Waals surface area contributed by atoms with Crippen molar-refractivity contribution in [3.05, 3.63) is 24.0 Å². The van der Waals surface area contributed by atoms with Crippen molar-refractivity contribution in [2.24, 2.45) is 0 Å². The summed E-state index contributed by atoms with van der Waals surface area (Å²) in [5.74, 6) is 1.41. The molecule has 2 heterocycles. The van der Waals surface area contributed by atoms with Gasteiger partial charge in [-0.2, -0.15) is 0 Å². The Morgan fingerprint density at radius 1 is 1.50 bits per heavy atom. The molecule has 2 N–H and O–H groups in total. The second-order valence-electron chi connectivity index (χ2n) is 2.46. The second-order valence-corrected chi connectivity index (χ2v) is 2.46. The first-order valence-corrected chi connectivity index (χ1v) is 3.42. The van der Waals surface area contributed by atoms with Gasteiger partial charge in [0.2, 0.25) is 5.82 Å². The van der Waals surface area contributed by atoms with Crippen molar-refractivity contribution in [2.75, 3.05) is 19.6 Å². The zero-order valence-electron chi connectivity index (χ0n) is 5.76. The normalized spacial score (nSPS) is 21.6. The molecule has 0 unspecified atom stereocenters. The fraction of sp³-hybridized carbons (Fsp3) is 0.429. The molecule has 0 spiro atoms. The minimum Gasteiger partial charge on any atom is -1.00 e. The summed E-state index contributed by atoms with van der Waals surface area (Å²) in [7, 11) is 0. The molecule has 0 saturated carbocycles. The van der Waals surface area contributed by atoms with Gasteiger partial charge in [0.1, 0.15) is 0 Å². The molecular formula is C7H11IN2. The number of quaternary nitrogens is 1. The molecule has 2 nitrogen and oxygen atoms in total. The van der Waals surface area contributed by atoms with Crippen LogP contribution >= 0.6 is 0 Å². The molecule has 2 rings (SSSR count). The first-order valence-electron chi connectivity index (χ1n) is 3.42. The average molecular weight is 250 g/mol. The van der Waals surface area contributed by atoms with Crippen molar-refractivity contribution < 1.29 is 29.3 Å². The van der Waals surface area contributed by atoms with Crippen LogP contribution in [-0.2, 0) is 0 Å². The molecule has 0 atom stereocenters. The van der Waals surface area contributed by atoms with Crippen LogP contribution in [0.1, 0.15) is 0 Å². The summed E-state index contributed by atoms with van der Waals surface area (Å²) in [6, 6.07) is 0. The Hall–Kier alpha value is -0.0300. The van der Waals surface area contributed by atoms with E-state index < -0.39 is 0 Å². The van der Waals surface area contributed by atoms with E-state index in [0.29, 0.717) is 0 Å². The SMILES string of the molecule is C1=CCN2CC[NH2+]C2=C1.[I-]. The van der Waals surface area contributed by atoms with Gasteiger partial charge in [0.05, 0.1) is 13.1 Å². The number of hydrogen-bond acceptors (Lipinski definition) is 1. The van der Waals surface area contributed by atoms with Crippen LogP contribution in [0.2, 0.25) is 0 Å². The standard InChI is InChI=1S/C7H10N2.HI/c1-2-5-9-6-4-8-7(9)3-1;/h1-3,8H,4-6H2;1H. The lowest BCUT2D eigenvalue weighted by molar-refractivity contribution is -0.594. The van der Waals surface area contributed by atoms with E-state index in [-0.39, 0.29) is 24.0 Å². The number of halogens is 1. The number of hydrogen-bond donors (Lipinski definition) is 1. The van der Waals surface area contributed by atoms with Crippen LogP contribution in [0, 0.1) is 0 Å². The summed E-state index contributed by atoms with van der Waals surface area (Å²) in [6.45, 7) is 3.56. The highest BCUT2D eigenvalue weighted by Gasteiger charge is 2.19. The summed E-state index contributed by atoms with van der Waals surface area (Å²) in [6.07, 6.45) is 6.51. The van der Waals surface area contributed by atoms with E-state index in [1.165, 1.54) is 18.9 Å². The zero-order chi connectivity index (χ0) is 6.10. The van der Waals surface area contributed by atoms with E-state index in [0.717, 1.165) is 6.54 Å². The summed E-state index contributed by atoms with van der Waals surface area (Å²) < 4.78 is 0. The van der Waals surface area contributed by atoms with Gasteiger partial charge in [-0.3, -0.25) is 5.32 Å². The van der Waals surface area contributed by atoms with Crippen LogP contribution < -0.4 is 29.3 Å².